The van der Waals surface area contributed by atoms with Crippen LogP contribution in [0.3, 0.4) is 0 Å². The smallest absolute Gasteiger partial charge is 0.186 e. The summed E-state index contributed by atoms with van der Waals surface area (Å²) in [6.07, 6.45) is 8.10. The molecule has 0 aliphatic carbocycles. The van der Waals surface area contributed by atoms with Gasteiger partial charge < -0.3 is 4.43 Å². The van der Waals surface area contributed by atoms with Crippen molar-refractivity contribution in [3.05, 3.63) is 48.6 Å². The minimum atomic E-state index is -1.39. The number of allylic oxidation sites excluding steroid dienone is 1. The van der Waals surface area contributed by atoms with Crippen molar-refractivity contribution in [3.63, 3.8) is 0 Å². The van der Waals surface area contributed by atoms with E-state index < -0.39 is 9.04 Å². The molecule has 2 atom stereocenters. The summed E-state index contributed by atoms with van der Waals surface area (Å²) in [7, 11) is -1.39. The summed E-state index contributed by atoms with van der Waals surface area (Å²) in [6, 6.07) is 11.2. The molecule has 0 heterocycles. The average Bonchev–Trinajstić information content (AvgIpc) is 2.37. The van der Waals surface area contributed by atoms with E-state index >= 15 is 0 Å². The molecule has 1 rings (SSSR count). The van der Waals surface area contributed by atoms with E-state index in [4.69, 9.17) is 10.8 Å². The lowest BCUT2D eigenvalue weighted by Crippen LogP contribution is -2.30. The molecule has 0 fully saturated rings. The van der Waals surface area contributed by atoms with Crippen LogP contribution in [0.2, 0.25) is 11.1 Å². The Morgan fingerprint density at radius 2 is 2.00 bits per heavy atom. The molecule has 102 valence electrons. The van der Waals surface area contributed by atoms with E-state index in [1.165, 1.54) is 5.56 Å². The zero-order chi connectivity index (χ0) is 14.3. The first kappa shape index (κ1) is 15.8. The first-order chi connectivity index (χ1) is 8.99. The van der Waals surface area contributed by atoms with Gasteiger partial charge in [0, 0.05) is 6.42 Å². The molecule has 2 heteroatoms. The van der Waals surface area contributed by atoms with E-state index in [0.29, 0.717) is 6.42 Å². The van der Waals surface area contributed by atoms with Crippen molar-refractivity contribution in [1.82, 2.24) is 0 Å². The number of benzene rings is 1. The Hall–Kier alpha value is -1.30. The maximum absolute atomic E-state index is 6.41. The van der Waals surface area contributed by atoms with Gasteiger partial charge in [-0.25, -0.2) is 0 Å². The molecule has 0 bridgehead atoms. The van der Waals surface area contributed by atoms with Crippen LogP contribution in [0.4, 0.5) is 0 Å². The van der Waals surface area contributed by atoms with E-state index in [1.54, 1.807) is 0 Å². The third-order valence-corrected chi connectivity index (χ3v) is 6.50. The van der Waals surface area contributed by atoms with Crippen LogP contribution < -0.4 is 0 Å². The molecule has 0 saturated heterocycles. The highest BCUT2D eigenvalue weighted by Crippen LogP contribution is 2.34. The molecule has 0 aliphatic rings. The molecule has 0 unspecified atom stereocenters. The lowest BCUT2D eigenvalue weighted by molar-refractivity contribution is 0.201. The van der Waals surface area contributed by atoms with Crippen LogP contribution in [0.15, 0.2) is 43.0 Å². The van der Waals surface area contributed by atoms with Gasteiger partial charge in [0.1, 0.15) is 0 Å². The van der Waals surface area contributed by atoms with Crippen molar-refractivity contribution in [1.29, 1.82) is 0 Å². The van der Waals surface area contributed by atoms with Crippen molar-refractivity contribution in [2.45, 2.75) is 44.4 Å². The molecule has 0 saturated carbocycles. The highest BCUT2D eigenvalue weighted by Gasteiger charge is 2.29. The van der Waals surface area contributed by atoms with E-state index in [2.05, 4.69) is 45.4 Å². The highest BCUT2D eigenvalue weighted by atomic mass is 28.3. The Morgan fingerprint density at radius 1 is 1.37 bits per heavy atom. The Morgan fingerprint density at radius 3 is 2.47 bits per heavy atom. The van der Waals surface area contributed by atoms with Gasteiger partial charge in [0.2, 0.25) is 0 Å². The van der Waals surface area contributed by atoms with Crippen molar-refractivity contribution < 1.29 is 4.43 Å². The van der Waals surface area contributed by atoms with Crippen molar-refractivity contribution in [3.8, 4) is 12.3 Å². The maximum Gasteiger partial charge on any atom is 0.186 e. The molecule has 0 spiro atoms. The summed E-state index contributed by atoms with van der Waals surface area (Å²) >= 11 is 0. The second-order valence-electron chi connectivity index (χ2n) is 5.82. The Kier molecular flexibility index (Phi) is 6.07. The molecule has 0 amide bonds. The molecule has 19 heavy (non-hydrogen) atoms. The topological polar surface area (TPSA) is 9.23 Å². The van der Waals surface area contributed by atoms with Crippen molar-refractivity contribution in [2.24, 2.45) is 0 Å². The van der Waals surface area contributed by atoms with Gasteiger partial charge in [-0.2, -0.15) is 0 Å². The quantitative estimate of drug-likeness (QED) is 0.421. The van der Waals surface area contributed by atoms with Crippen LogP contribution in [-0.2, 0) is 4.43 Å². The molecule has 0 aliphatic heterocycles. The van der Waals surface area contributed by atoms with Crippen molar-refractivity contribution in [2.75, 3.05) is 0 Å². The zero-order valence-electron chi connectivity index (χ0n) is 12.2. The van der Waals surface area contributed by atoms with Gasteiger partial charge in [0.25, 0.3) is 0 Å². The number of hydrogen-bond acceptors (Lipinski definition) is 1. The molecule has 1 aromatic rings. The van der Waals surface area contributed by atoms with Crippen LogP contribution >= 0.6 is 0 Å². The van der Waals surface area contributed by atoms with Crippen LogP contribution in [-0.4, -0.2) is 9.04 Å². The Balaban J connectivity index is 2.88. The number of terminal acetylenes is 1. The first-order valence-corrected chi connectivity index (χ1v) is 8.60. The fourth-order valence-corrected chi connectivity index (χ4v) is 4.16. The minimum absolute atomic E-state index is 0.0158. The molecule has 0 radical (unpaired) electrons. The normalized spacial score (nSPS) is 14.4. The summed E-state index contributed by atoms with van der Waals surface area (Å²) in [6.45, 7) is 10.6. The average molecular weight is 272 g/mol. The lowest BCUT2D eigenvalue weighted by atomic mass is 10.1. The third kappa shape index (κ3) is 5.06. The van der Waals surface area contributed by atoms with Gasteiger partial charge in [0.15, 0.2) is 9.04 Å². The van der Waals surface area contributed by atoms with Crippen LogP contribution in [0.1, 0.15) is 38.9 Å². The van der Waals surface area contributed by atoms with Crippen LogP contribution in [0.25, 0.3) is 0 Å². The summed E-state index contributed by atoms with van der Waals surface area (Å²) in [5.74, 6) is 2.74. The summed E-state index contributed by atoms with van der Waals surface area (Å²) < 4.78 is 6.41. The predicted octanol–water partition coefficient (Wildman–Crippen LogP) is 4.48. The summed E-state index contributed by atoms with van der Waals surface area (Å²) in [5.41, 5.74) is 1.17. The van der Waals surface area contributed by atoms with E-state index in [0.717, 1.165) is 6.04 Å². The molecule has 1 nitrogen and oxygen atoms in total. The molecular formula is C17H24OSi. The molecular weight excluding hydrogens is 248 g/mol. The summed E-state index contributed by atoms with van der Waals surface area (Å²) in [5, 5.41) is 0.204. The number of hydrogen-bond donors (Lipinski definition) is 0. The second kappa shape index (κ2) is 7.33. The van der Waals surface area contributed by atoms with Crippen LogP contribution in [0, 0.1) is 12.3 Å². The van der Waals surface area contributed by atoms with Gasteiger partial charge in [-0.1, -0.05) is 57.2 Å². The molecule has 0 N–H and O–H groups in total. The first-order valence-electron chi connectivity index (χ1n) is 6.73. The van der Waals surface area contributed by atoms with Crippen LogP contribution in [0.5, 0.6) is 0 Å². The molecule has 0 aromatic heterocycles. The van der Waals surface area contributed by atoms with Gasteiger partial charge >= 0.3 is 0 Å². The number of rotatable bonds is 6. The largest absolute Gasteiger partial charge is 0.411 e. The van der Waals surface area contributed by atoms with Gasteiger partial charge in [0.05, 0.1) is 6.10 Å². The Labute approximate surface area is 119 Å². The monoisotopic (exact) mass is 272 g/mol. The molecule has 1 aromatic carbocycles. The Bertz CT molecular complexity index is 425. The summed E-state index contributed by atoms with van der Waals surface area (Å²) in [4.78, 5) is 0. The standard InChI is InChI=1S/C17H24OSi/c1-6-11-16(15-12-9-8-10-13-15)18-19(14-7-2)17(3,4)5/h1,7-10,12-13,16,19H,2,11,14H2,3-5H3/t16-,19+/m0/s1. The SMILES string of the molecule is C#CC[C@H](O[Si@H](CC=C)C(C)(C)C)c1ccccc1. The highest BCUT2D eigenvalue weighted by molar-refractivity contribution is 6.55. The second-order valence-corrected chi connectivity index (χ2v) is 9.28. The van der Waals surface area contributed by atoms with Gasteiger partial charge in [-0.05, 0) is 16.6 Å². The maximum atomic E-state index is 6.41. The fourth-order valence-electron chi connectivity index (χ4n) is 1.98. The predicted molar refractivity (Wildman–Crippen MR) is 85.6 cm³/mol. The third-order valence-electron chi connectivity index (χ3n) is 3.15. The minimum Gasteiger partial charge on any atom is -0.411 e. The van der Waals surface area contributed by atoms with Gasteiger partial charge in [-0.15, -0.1) is 18.9 Å². The van der Waals surface area contributed by atoms with E-state index in [1.807, 2.05) is 24.3 Å². The van der Waals surface area contributed by atoms with E-state index in [9.17, 15) is 0 Å². The lowest BCUT2D eigenvalue weighted by Gasteiger charge is -2.32. The van der Waals surface area contributed by atoms with Crippen molar-refractivity contribution >= 4 is 9.04 Å². The fraction of sp³-hybridized carbons (Fsp3) is 0.412. The van der Waals surface area contributed by atoms with Gasteiger partial charge in [-0.3, -0.25) is 0 Å². The zero-order valence-corrected chi connectivity index (χ0v) is 13.4. The van der Waals surface area contributed by atoms with E-state index in [-0.39, 0.29) is 11.1 Å².